The number of carbonyl (C=O) groups is 2. The van der Waals surface area contributed by atoms with E-state index in [1.807, 2.05) is 0 Å². The van der Waals surface area contributed by atoms with Crippen LogP contribution in [-0.2, 0) is 9.53 Å². The van der Waals surface area contributed by atoms with Crippen LogP contribution in [0, 0.1) is 5.92 Å². The van der Waals surface area contributed by atoms with Crippen LogP contribution in [0.3, 0.4) is 0 Å². The van der Waals surface area contributed by atoms with Gasteiger partial charge in [0.05, 0.1) is 5.56 Å². The van der Waals surface area contributed by atoms with Crippen LogP contribution in [0.2, 0.25) is 0 Å². The maximum atomic E-state index is 11.8. The zero-order valence-electron chi connectivity index (χ0n) is 17.3. The number of likely N-dealkylation sites (tertiary alicyclic amines) is 1. The summed E-state index contributed by atoms with van der Waals surface area (Å²) in [5.74, 6) is 1.13. The molecule has 160 valence electrons. The quantitative estimate of drug-likeness (QED) is 0.601. The Morgan fingerprint density at radius 2 is 1.97 bits per heavy atom. The van der Waals surface area contributed by atoms with Crippen molar-refractivity contribution in [1.82, 2.24) is 14.9 Å². The Hall–Kier alpha value is -2.42. The summed E-state index contributed by atoms with van der Waals surface area (Å²) in [5, 5.41) is 6.69. The molecule has 2 fully saturated rings. The summed E-state index contributed by atoms with van der Waals surface area (Å²) < 4.78 is 5.18. The zero-order chi connectivity index (χ0) is 20.8. The number of hydrogen-bond acceptors (Lipinski definition) is 7. The van der Waals surface area contributed by atoms with Crippen LogP contribution in [0.4, 0.5) is 11.8 Å². The van der Waals surface area contributed by atoms with Gasteiger partial charge in [0.15, 0.2) is 0 Å². The number of nitrogens with zero attached hydrogens (tertiary/aromatic N) is 3. The van der Waals surface area contributed by atoms with Crippen LogP contribution in [0.5, 0.6) is 0 Å². The number of anilines is 2. The lowest BCUT2D eigenvalue weighted by molar-refractivity contribution is -0.127. The number of methoxy groups -OCH3 is 1. The van der Waals surface area contributed by atoms with Gasteiger partial charge in [0.1, 0.15) is 5.82 Å². The van der Waals surface area contributed by atoms with Gasteiger partial charge in [-0.2, -0.15) is 4.98 Å². The summed E-state index contributed by atoms with van der Waals surface area (Å²) in [4.78, 5) is 34.0. The van der Waals surface area contributed by atoms with E-state index in [4.69, 9.17) is 10.5 Å². The minimum atomic E-state index is -0.570. The molecule has 0 bridgehead atoms. The molecule has 1 aromatic heterocycles. The first kappa shape index (κ1) is 21.3. The molecule has 1 aromatic rings. The molecule has 1 saturated carbocycles. The van der Waals surface area contributed by atoms with E-state index >= 15 is 0 Å². The molecule has 2 heterocycles. The predicted octanol–water partition coefficient (Wildman–Crippen LogP) is 1.62. The molecule has 2 amide bonds. The summed E-state index contributed by atoms with van der Waals surface area (Å²) >= 11 is 0. The lowest BCUT2D eigenvalue weighted by atomic mass is 9.84. The first-order chi connectivity index (χ1) is 14.0. The van der Waals surface area contributed by atoms with Crippen LogP contribution in [0.1, 0.15) is 55.8 Å². The Morgan fingerprint density at radius 1 is 1.21 bits per heavy atom. The van der Waals surface area contributed by atoms with Crippen LogP contribution in [-0.4, -0.2) is 65.6 Å². The number of nitrogens with one attached hydrogen (secondary N) is 2. The predicted molar refractivity (Wildman–Crippen MR) is 111 cm³/mol. The van der Waals surface area contributed by atoms with Crippen molar-refractivity contribution < 1.29 is 14.3 Å². The van der Waals surface area contributed by atoms with E-state index in [9.17, 15) is 9.59 Å². The van der Waals surface area contributed by atoms with Crippen molar-refractivity contribution >= 4 is 23.6 Å². The average Bonchev–Trinajstić information content (AvgIpc) is 3.16. The van der Waals surface area contributed by atoms with Gasteiger partial charge in [-0.25, -0.2) is 4.98 Å². The van der Waals surface area contributed by atoms with Gasteiger partial charge in [-0.15, -0.1) is 0 Å². The second-order valence-electron chi connectivity index (χ2n) is 8.06. The molecule has 0 spiro atoms. The smallest absolute Gasteiger partial charge is 0.254 e. The number of nitrogens with two attached hydrogens (primary N) is 1. The van der Waals surface area contributed by atoms with E-state index in [1.54, 1.807) is 18.9 Å². The van der Waals surface area contributed by atoms with Crippen LogP contribution in [0.15, 0.2) is 6.20 Å². The van der Waals surface area contributed by atoms with Crippen LogP contribution in [0.25, 0.3) is 0 Å². The normalized spacial score (nSPS) is 24.3. The fraction of sp³-hybridized carbons (Fsp3) is 0.700. The molecule has 2 aliphatic rings. The summed E-state index contributed by atoms with van der Waals surface area (Å²) in [6, 6.07) is 0.358. The molecule has 9 heteroatoms. The minimum absolute atomic E-state index is 0.0379. The molecule has 1 saturated heterocycles. The van der Waals surface area contributed by atoms with Gasteiger partial charge in [0, 0.05) is 52.0 Å². The largest absolute Gasteiger partial charge is 0.385 e. The molecule has 4 N–H and O–H groups in total. The van der Waals surface area contributed by atoms with E-state index in [1.165, 1.54) is 6.20 Å². The molecule has 1 aliphatic carbocycles. The lowest BCUT2D eigenvalue weighted by Crippen LogP contribution is -2.31. The van der Waals surface area contributed by atoms with Crippen molar-refractivity contribution in [2.45, 2.75) is 57.5 Å². The topological polar surface area (TPSA) is 122 Å². The van der Waals surface area contributed by atoms with Gasteiger partial charge < -0.3 is 26.0 Å². The van der Waals surface area contributed by atoms with Gasteiger partial charge in [-0.3, -0.25) is 9.59 Å². The number of ether oxygens (including phenoxy) is 1. The molecular formula is C20H32N6O3. The number of hydrogen-bond donors (Lipinski definition) is 3. The van der Waals surface area contributed by atoms with E-state index in [0.717, 1.165) is 51.0 Å². The molecule has 9 nitrogen and oxygen atoms in total. The fourth-order valence-electron chi connectivity index (χ4n) is 4.16. The Labute approximate surface area is 171 Å². The van der Waals surface area contributed by atoms with Gasteiger partial charge in [0.25, 0.3) is 5.91 Å². The number of aromatic nitrogens is 2. The van der Waals surface area contributed by atoms with E-state index in [-0.39, 0.29) is 17.5 Å². The highest BCUT2D eigenvalue weighted by Gasteiger charge is 2.26. The van der Waals surface area contributed by atoms with Gasteiger partial charge in [-0.1, -0.05) is 0 Å². The van der Waals surface area contributed by atoms with Gasteiger partial charge in [-0.05, 0) is 44.4 Å². The number of carbonyl (C=O) groups excluding carboxylic acids is 2. The second kappa shape index (κ2) is 9.87. The van der Waals surface area contributed by atoms with Gasteiger partial charge in [0.2, 0.25) is 11.9 Å². The molecule has 0 aromatic carbocycles. The lowest BCUT2D eigenvalue weighted by Gasteiger charge is -2.29. The first-order valence-corrected chi connectivity index (χ1v) is 10.4. The molecule has 1 aliphatic heterocycles. The highest BCUT2D eigenvalue weighted by Crippen LogP contribution is 2.28. The van der Waals surface area contributed by atoms with Crippen LogP contribution < -0.4 is 16.4 Å². The third-order valence-corrected chi connectivity index (χ3v) is 5.94. The van der Waals surface area contributed by atoms with Crippen molar-refractivity contribution in [2.24, 2.45) is 11.7 Å². The Kier molecular flexibility index (Phi) is 7.24. The highest BCUT2D eigenvalue weighted by molar-refractivity contribution is 5.97. The monoisotopic (exact) mass is 404 g/mol. The maximum absolute atomic E-state index is 11.8. The molecule has 1 atom stereocenters. The van der Waals surface area contributed by atoms with Crippen LogP contribution >= 0.6 is 0 Å². The summed E-state index contributed by atoms with van der Waals surface area (Å²) in [6.45, 7) is 3.67. The maximum Gasteiger partial charge on any atom is 0.254 e. The average molecular weight is 405 g/mol. The van der Waals surface area contributed by atoms with Gasteiger partial charge >= 0.3 is 0 Å². The number of amides is 2. The third-order valence-electron chi connectivity index (χ3n) is 5.94. The van der Waals surface area contributed by atoms with E-state index in [2.05, 4.69) is 20.6 Å². The number of primary amides is 1. The molecule has 3 rings (SSSR count). The Bertz CT molecular complexity index is 720. The Morgan fingerprint density at radius 3 is 2.59 bits per heavy atom. The van der Waals surface area contributed by atoms with Crippen molar-refractivity contribution in [3.05, 3.63) is 11.8 Å². The van der Waals surface area contributed by atoms with E-state index < -0.39 is 5.91 Å². The third kappa shape index (κ3) is 5.79. The summed E-state index contributed by atoms with van der Waals surface area (Å²) in [5.41, 5.74) is 5.76. The Balaban J connectivity index is 1.61. The molecule has 0 unspecified atom stereocenters. The molecule has 0 radical (unpaired) electrons. The number of rotatable bonds is 8. The van der Waals surface area contributed by atoms with Crippen molar-refractivity contribution in [3.8, 4) is 0 Å². The first-order valence-electron chi connectivity index (χ1n) is 10.4. The minimum Gasteiger partial charge on any atom is -0.385 e. The highest BCUT2D eigenvalue weighted by atomic mass is 16.5. The van der Waals surface area contributed by atoms with E-state index in [0.29, 0.717) is 30.9 Å². The zero-order valence-corrected chi connectivity index (χ0v) is 17.3. The standard InChI is InChI=1S/C20H32N6O3/c1-13(27)26-9-7-16(12-26)23-19-17(18(21)28)11-22-20(25-19)24-15-5-3-14(4-6-15)8-10-29-2/h11,14-16H,3-10,12H2,1-2H3,(H2,21,28)(H2,22,23,24,25)/t14?,15?,16-/m0/s1. The van der Waals surface area contributed by atoms with Crippen molar-refractivity contribution in [2.75, 3.05) is 37.4 Å². The summed E-state index contributed by atoms with van der Waals surface area (Å²) in [6.07, 6.45) is 7.84. The summed E-state index contributed by atoms with van der Waals surface area (Å²) in [7, 11) is 1.75. The molecule has 29 heavy (non-hydrogen) atoms. The van der Waals surface area contributed by atoms with Crippen molar-refractivity contribution in [3.63, 3.8) is 0 Å². The second-order valence-corrected chi connectivity index (χ2v) is 8.06. The fourth-order valence-corrected chi connectivity index (χ4v) is 4.16. The SMILES string of the molecule is COCCC1CCC(Nc2ncc(C(N)=O)c(N[C@H]3CCN(C(C)=O)C3)n2)CC1. The van der Waals surface area contributed by atoms with Crippen molar-refractivity contribution in [1.29, 1.82) is 0 Å². The molecular weight excluding hydrogens is 372 g/mol.